The minimum absolute atomic E-state index is 0.0454. The molecule has 2 aromatic carbocycles. The number of benzene rings is 2. The molecule has 2 rings (SSSR count). The van der Waals surface area contributed by atoms with Crippen LogP contribution in [0.2, 0.25) is 0 Å². The van der Waals surface area contributed by atoms with Gasteiger partial charge in [-0.3, -0.25) is 30.6 Å². The number of nitro groups is 1. The molecule has 0 unspecified atom stereocenters. The maximum Gasteiger partial charge on any atom is 0.272 e. The number of nitrogens with one attached hydrogen (secondary N) is 3. The van der Waals surface area contributed by atoms with Crippen molar-refractivity contribution in [2.75, 3.05) is 31.4 Å². The molecule has 0 bridgehead atoms. The number of amides is 2. The summed E-state index contributed by atoms with van der Waals surface area (Å²) >= 11 is 0. The molecule has 0 saturated carbocycles. The molecule has 26 heavy (non-hydrogen) atoms. The van der Waals surface area contributed by atoms with Gasteiger partial charge in [-0.25, -0.2) is 0 Å². The summed E-state index contributed by atoms with van der Waals surface area (Å²) in [6.07, 6.45) is 0. The first-order chi connectivity index (χ1) is 12.3. The highest BCUT2D eigenvalue weighted by molar-refractivity contribution is 6.02. The molecule has 0 aliphatic rings. The molecule has 0 saturated heterocycles. The highest BCUT2D eigenvalue weighted by Gasteiger charge is 2.17. The molecule has 0 atom stereocenters. The van der Waals surface area contributed by atoms with Crippen LogP contribution in [0.5, 0.6) is 0 Å². The second-order valence-corrected chi connectivity index (χ2v) is 5.59. The van der Waals surface area contributed by atoms with Crippen molar-refractivity contribution in [1.29, 1.82) is 0 Å². The Morgan fingerprint density at radius 2 is 1.73 bits per heavy atom. The Balaban J connectivity index is 2.13. The first-order valence-electron chi connectivity index (χ1n) is 7.67. The summed E-state index contributed by atoms with van der Waals surface area (Å²) in [6, 6.07) is 10.7. The van der Waals surface area contributed by atoms with Crippen LogP contribution in [0.15, 0.2) is 42.5 Å². The second kappa shape index (κ2) is 7.97. The molecule has 9 nitrogen and oxygen atoms in total. The Morgan fingerprint density at radius 3 is 2.35 bits per heavy atom. The number of hydrazine groups is 1. The second-order valence-electron chi connectivity index (χ2n) is 5.59. The highest BCUT2D eigenvalue weighted by atomic mass is 16.6. The van der Waals surface area contributed by atoms with Crippen molar-refractivity contribution >= 4 is 28.9 Å². The fourth-order valence-electron chi connectivity index (χ4n) is 2.23. The van der Waals surface area contributed by atoms with E-state index in [0.29, 0.717) is 11.3 Å². The normalized spacial score (nSPS) is 9.96. The van der Waals surface area contributed by atoms with Gasteiger partial charge in [-0.2, -0.15) is 0 Å². The van der Waals surface area contributed by atoms with E-state index in [-0.39, 0.29) is 11.3 Å². The molecule has 0 aliphatic carbocycles. The number of anilines is 2. The largest absolute Gasteiger partial charge is 0.387 e. The Labute approximate surface area is 150 Å². The standard InChI is InChI=1S/C17H19N5O4/c1-18-15-8-7-13(22(25)26)10-14(15)17(24)20-19-16(23)11-5-4-6-12(9-11)21(2)3/h4-10,18H,1-3H3,(H,19,23)(H,20,24). The van der Waals surface area contributed by atoms with Crippen LogP contribution in [0, 0.1) is 10.1 Å². The van der Waals surface area contributed by atoms with Crippen LogP contribution in [0.1, 0.15) is 20.7 Å². The van der Waals surface area contributed by atoms with E-state index in [1.54, 1.807) is 25.2 Å². The Bertz CT molecular complexity index is 851. The van der Waals surface area contributed by atoms with Crippen LogP contribution in [-0.2, 0) is 0 Å². The van der Waals surface area contributed by atoms with Crippen molar-refractivity contribution in [3.8, 4) is 0 Å². The number of hydrogen-bond acceptors (Lipinski definition) is 6. The zero-order valence-corrected chi connectivity index (χ0v) is 14.6. The molecule has 9 heteroatoms. The van der Waals surface area contributed by atoms with Gasteiger partial charge >= 0.3 is 0 Å². The van der Waals surface area contributed by atoms with Gasteiger partial charge in [0.25, 0.3) is 17.5 Å². The average Bonchev–Trinajstić information content (AvgIpc) is 2.65. The van der Waals surface area contributed by atoms with Gasteiger partial charge in [0.05, 0.1) is 10.5 Å². The molecular formula is C17H19N5O4. The van der Waals surface area contributed by atoms with Crippen LogP contribution in [0.4, 0.5) is 17.1 Å². The first-order valence-corrected chi connectivity index (χ1v) is 7.67. The smallest absolute Gasteiger partial charge is 0.272 e. The fourth-order valence-corrected chi connectivity index (χ4v) is 2.23. The predicted molar refractivity (Wildman–Crippen MR) is 98.3 cm³/mol. The van der Waals surface area contributed by atoms with Gasteiger partial charge in [-0.15, -0.1) is 0 Å². The van der Waals surface area contributed by atoms with E-state index in [1.807, 2.05) is 25.1 Å². The van der Waals surface area contributed by atoms with Gasteiger partial charge in [-0.05, 0) is 24.3 Å². The maximum absolute atomic E-state index is 12.3. The van der Waals surface area contributed by atoms with E-state index >= 15 is 0 Å². The Hall–Kier alpha value is -3.62. The molecule has 0 aromatic heterocycles. The third-order valence-electron chi connectivity index (χ3n) is 3.64. The van der Waals surface area contributed by atoms with E-state index < -0.39 is 16.7 Å². The van der Waals surface area contributed by atoms with Crippen molar-refractivity contribution in [2.45, 2.75) is 0 Å². The molecule has 136 valence electrons. The number of nitrogens with zero attached hydrogens (tertiary/aromatic N) is 2. The van der Waals surface area contributed by atoms with Crippen molar-refractivity contribution < 1.29 is 14.5 Å². The van der Waals surface area contributed by atoms with E-state index in [4.69, 9.17) is 0 Å². The van der Waals surface area contributed by atoms with Crippen LogP contribution in [-0.4, -0.2) is 37.9 Å². The molecule has 2 aromatic rings. The van der Waals surface area contributed by atoms with Crippen LogP contribution < -0.4 is 21.1 Å². The summed E-state index contributed by atoms with van der Waals surface area (Å²) in [5.41, 5.74) is 6.00. The maximum atomic E-state index is 12.3. The van der Waals surface area contributed by atoms with Crippen LogP contribution >= 0.6 is 0 Å². The minimum atomic E-state index is -0.671. The first kappa shape index (κ1) is 18.7. The quantitative estimate of drug-likeness (QED) is 0.555. The van der Waals surface area contributed by atoms with E-state index in [9.17, 15) is 19.7 Å². The van der Waals surface area contributed by atoms with Gasteiger partial charge in [0.1, 0.15) is 0 Å². The monoisotopic (exact) mass is 357 g/mol. The molecule has 0 fully saturated rings. The zero-order chi connectivity index (χ0) is 19.3. The van der Waals surface area contributed by atoms with Crippen molar-refractivity contribution in [3.05, 3.63) is 63.7 Å². The lowest BCUT2D eigenvalue weighted by atomic mass is 10.1. The molecule has 2 amide bonds. The molecule has 0 heterocycles. The van der Waals surface area contributed by atoms with Gasteiger partial charge < -0.3 is 10.2 Å². The van der Waals surface area contributed by atoms with Crippen molar-refractivity contribution in [2.24, 2.45) is 0 Å². The number of carbonyl (C=O) groups is 2. The number of rotatable bonds is 5. The highest BCUT2D eigenvalue weighted by Crippen LogP contribution is 2.21. The lowest BCUT2D eigenvalue weighted by Crippen LogP contribution is -2.41. The van der Waals surface area contributed by atoms with Crippen molar-refractivity contribution in [1.82, 2.24) is 10.9 Å². The van der Waals surface area contributed by atoms with Gasteiger partial charge in [0.15, 0.2) is 0 Å². The summed E-state index contributed by atoms with van der Waals surface area (Å²) in [5.74, 6) is -1.17. The summed E-state index contributed by atoms with van der Waals surface area (Å²) in [5, 5.41) is 13.7. The lowest BCUT2D eigenvalue weighted by molar-refractivity contribution is -0.384. The Kier molecular flexibility index (Phi) is 5.74. The molecular weight excluding hydrogens is 338 g/mol. The predicted octanol–water partition coefficient (Wildman–Crippen LogP) is 1.78. The number of carbonyl (C=O) groups excluding carboxylic acids is 2. The lowest BCUT2D eigenvalue weighted by Gasteiger charge is -2.14. The van der Waals surface area contributed by atoms with E-state index in [1.165, 1.54) is 12.1 Å². The fraction of sp³-hybridized carbons (Fsp3) is 0.176. The molecule has 0 spiro atoms. The zero-order valence-electron chi connectivity index (χ0n) is 14.6. The van der Waals surface area contributed by atoms with E-state index in [2.05, 4.69) is 16.2 Å². The van der Waals surface area contributed by atoms with E-state index in [0.717, 1.165) is 11.8 Å². The van der Waals surface area contributed by atoms with Gasteiger partial charge in [0, 0.05) is 50.2 Å². The molecule has 0 radical (unpaired) electrons. The summed E-state index contributed by atoms with van der Waals surface area (Å²) in [6.45, 7) is 0. The minimum Gasteiger partial charge on any atom is -0.387 e. The SMILES string of the molecule is CNc1ccc([N+](=O)[O-])cc1C(=O)NNC(=O)c1cccc(N(C)C)c1. The van der Waals surface area contributed by atoms with Gasteiger partial charge in [0.2, 0.25) is 0 Å². The third-order valence-corrected chi connectivity index (χ3v) is 3.64. The number of hydrogen-bond donors (Lipinski definition) is 3. The number of non-ortho nitro benzene ring substituents is 1. The average molecular weight is 357 g/mol. The third kappa shape index (κ3) is 4.26. The number of nitro benzene ring substituents is 1. The topological polar surface area (TPSA) is 117 Å². The van der Waals surface area contributed by atoms with Crippen molar-refractivity contribution in [3.63, 3.8) is 0 Å². The summed E-state index contributed by atoms with van der Waals surface area (Å²) in [4.78, 5) is 36.7. The van der Waals surface area contributed by atoms with Gasteiger partial charge in [-0.1, -0.05) is 6.07 Å². The van der Waals surface area contributed by atoms with Crippen LogP contribution in [0.3, 0.4) is 0 Å². The molecule has 3 N–H and O–H groups in total. The van der Waals surface area contributed by atoms with Crippen LogP contribution in [0.25, 0.3) is 0 Å². The molecule has 0 aliphatic heterocycles. The summed E-state index contributed by atoms with van der Waals surface area (Å²) < 4.78 is 0. The summed E-state index contributed by atoms with van der Waals surface area (Å²) in [7, 11) is 5.28. The Morgan fingerprint density at radius 1 is 1.04 bits per heavy atom.